The lowest BCUT2D eigenvalue weighted by Gasteiger charge is -2.21. The van der Waals surface area contributed by atoms with Crippen molar-refractivity contribution in [1.82, 2.24) is 9.97 Å². The third kappa shape index (κ3) is 5.84. The SMILES string of the molecule is Brc1cnc(NCCCOCC2CCOCC2)nc1. The Bertz CT molecular complexity index is 355. The van der Waals surface area contributed by atoms with Gasteiger partial charge in [-0.15, -0.1) is 0 Å². The minimum absolute atomic E-state index is 0.660. The minimum atomic E-state index is 0.660. The van der Waals surface area contributed by atoms with E-state index in [1.54, 1.807) is 12.4 Å². The summed E-state index contributed by atoms with van der Waals surface area (Å²) in [4.78, 5) is 8.29. The monoisotopic (exact) mass is 329 g/mol. The quantitative estimate of drug-likeness (QED) is 0.779. The number of rotatable bonds is 7. The van der Waals surface area contributed by atoms with Gasteiger partial charge < -0.3 is 14.8 Å². The first-order valence-corrected chi connectivity index (χ1v) is 7.51. The summed E-state index contributed by atoms with van der Waals surface area (Å²) >= 11 is 3.30. The van der Waals surface area contributed by atoms with Gasteiger partial charge >= 0.3 is 0 Å². The predicted molar refractivity (Wildman–Crippen MR) is 77.2 cm³/mol. The molecule has 0 amide bonds. The summed E-state index contributed by atoms with van der Waals surface area (Å²) in [5, 5.41) is 3.17. The lowest BCUT2D eigenvalue weighted by Crippen LogP contribution is -2.20. The average molecular weight is 330 g/mol. The molecule has 0 atom stereocenters. The van der Waals surface area contributed by atoms with E-state index in [-0.39, 0.29) is 0 Å². The summed E-state index contributed by atoms with van der Waals surface area (Å²) in [5.41, 5.74) is 0. The zero-order valence-electron chi connectivity index (χ0n) is 11.0. The molecule has 0 spiro atoms. The van der Waals surface area contributed by atoms with Crippen LogP contribution in [-0.2, 0) is 9.47 Å². The fourth-order valence-electron chi connectivity index (χ4n) is 1.94. The van der Waals surface area contributed by atoms with E-state index in [0.29, 0.717) is 11.9 Å². The fourth-order valence-corrected chi connectivity index (χ4v) is 2.15. The molecular weight excluding hydrogens is 310 g/mol. The molecule has 0 aliphatic carbocycles. The standard InChI is InChI=1S/C13H20BrN3O2/c14-12-8-16-13(17-9-12)15-4-1-5-19-10-11-2-6-18-7-3-11/h8-9,11H,1-7,10H2,(H,15,16,17). The van der Waals surface area contributed by atoms with Crippen molar-refractivity contribution in [3.63, 3.8) is 0 Å². The predicted octanol–water partition coefficient (Wildman–Crippen LogP) is 2.48. The van der Waals surface area contributed by atoms with Crippen molar-refractivity contribution < 1.29 is 9.47 Å². The van der Waals surface area contributed by atoms with Gasteiger partial charge in [0, 0.05) is 45.4 Å². The smallest absolute Gasteiger partial charge is 0.222 e. The van der Waals surface area contributed by atoms with Gasteiger partial charge in [-0.25, -0.2) is 9.97 Å². The molecule has 0 saturated carbocycles. The Labute approximate surface area is 122 Å². The van der Waals surface area contributed by atoms with Gasteiger partial charge in [0.25, 0.3) is 0 Å². The number of halogens is 1. The highest BCUT2D eigenvalue weighted by atomic mass is 79.9. The van der Waals surface area contributed by atoms with Crippen LogP contribution in [0.15, 0.2) is 16.9 Å². The highest BCUT2D eigenvalue weighted by Gasteiger charge is 2.13. The van der Waals surface area contributed by atoms with E-state index in [0.717, 1.165) is 56.7 Å². The largest absolute Gasteiger partial charge is 0.381 e. The van der Waals surface area contributed by atoms with Crippen molar-refractivity contribution in [2.75, 3.05) is 38.3 Å². The zero-order chi connectivity index (χ0) is 13.3. The van der Waals surface area contributed by atoms with Crippen LogP contribution in [0, 0.1) is 5.92 Å². The zero-order valence-corrected chi connectivity index (χ0v) is 12.6. The Morgan fingerprint density at radius 1 is 1.32 bits per heavy atom. The molecule has 1 N–H and O–H groups in total. The van der Waals surface area contributed by atoms with E-state index >= 15 is 0 Å². The summed E-state index contributed by atoms with van der Waals surface area (Å²) in [5.74, 6) is 1.34. The second kappa shape index (κ2) is 8.45. The van der Waals surface area contributed by atoms with Crippen LogP contribution in [0.2, 0.25) is 0 Å². The molecule has 0 unspecified atom stereocenters. The number of aromatic nitrogens is 2. The number of ether oxygens (including phenoxy) is 2. The molecule has 2 heterocycles. The summed E-state index contributed by atoms with van der Waals surface area (Å²) in [7, 11) is 0. The van der Waals surface area contributed by atoms with Crippen molar-refractivity contribution in [2.24, 2.45) is 5.92 Å². The molecule has 1 aliphatic rings. The second-order valence-corrected chi connectivity index (χ2v) is 5.55. The summed E-state index contributed by atoms with van der Waals surface area (Å²) in [6, 6.07) is 0. The van der Waals surface area contributed by atoms with Gasteiger partial charge in [-0.05, 0) is 41.1 Å². The molecule has 1 aliphatic heterocycles. The van der Waals surface area contributed by atoms with Crippen molar-refractivity contribution in [1.29, 1.82) is 0 Å². The van der Waals surface area contributed by atoms with E-state index in [1.165, 1.54) is 0 Å². The van der Waals surface area contributed by atoms with Crippen LogP contribution in [0.5, 0.6) is 0 Å². The Kier molecular flexibility index (Phi) is 6.53. The first-order chi connectivity index (χ1) is 9.34. The molecule has 0 radical (unpaired) electrons. The van der Waals surface area contributed by atoms with E-state index < -0.39 is 0 Å². The van der Waals surface area contributed by atoms with Crippen LogP contribution in [0.4, 0.5) is 5.95 Å². The average Bonchev–Trinajstić information content (AvgIpc) is 2.46. The van der Waals surface area contributed by atoms with Crippen LogP contribution >= 0.6 is 15.9 Å². The second-order valence-electron chi connectivity index (χ2n) is 4.64. The molecular formula is C13H20BrN3O2. The molecule has 19 heavy (non-hydrogen) atoms. The normalized spacial score (nSPS) is 16.5. The van der Waals surface area contributed by atoms with Crippen LogP contribution in [-0.4, -0.2) is 42.9 Å². The van der Waals surface area contributed by atoms with Crippen LogP contribution in [0.3, 0.4) is 0 Å². The maximum Gasteiger partial charge on any atom is 0.222 e. The highest BCUT2D eigenvalue weighted by Crippen LogP contribution is 2.14. The Morgan fingerprint density at radius 3 is 2.79 bits per heavy atom. The first kappa shape index (κ1) is 14.7. The van der Waals surface area contributed by atoms with Crippen molar-refractivity contribution >= 4 is 21.9 Å². The molecule has 1 fully saturated rings. The molecule has 6 heteroatoms. The maximum absolute atomic E-state index is 5.69. The van der Waals surface area contributed by atoms with Crippen LogP contribution < -0.4 is 5.32 Å². The Hall–Kier alpha value is -0.720. The van der Waals surface area contributed by atoms with Crippen molar-refractivity contribution in [3.8, 4) is 0 Å². The van der Waals surface area contributed by atoms with Gasteiger partial charge in [-0.1, -0.05) is 0 Å². The number of nitrogens with zero attached hydrogens (tertiary/aromatic N) is 2. The van der Waals surface area contributed by atoms with Gasteiger partial charge in [-0.2, -0.15) is 0 Å². The summed E-state index contributed by atoms with van der Waals surface area (Å²) in [6.45, 7) is 4.24. The van der Waals surface area contributed by atoms with E-state index in [9.17, 15) is 0 Å². The molecule has 1 saturated heterocycles. The number of hydrogen-bond acceptors (Lipinski definition) is 5. The molecule has 106 valence electrons. The first-order valence-electron chi connectivity index (χ1n) is 6.71. The van der Waals surface area contributed by atoms with E-state index in [1.807, 2.05) is 0 Å². The summed E-state index contributed by atoms with van der Waals surface area (Å²) < 4.78 is 11.9. The van der Waals surface area contributed by atoms with Gasteiger partial charge in [0.15, 0.2) is 0 Å². The number of nitrogens with one attached hydrogen (secondary N) is 1. The maximum atomic E-state index is 5.69. The highest BCUT2D eigenvalue weighted by molar-refractivity contribution is 9.10. The van der Waals surface area contributed by atoms with Gasteiger partial charge in [0.1, 0.15) is 0 Å². The fraction of sp³-hybridized carbons (Fsp3) is 0.692. The summed E-state index contributed by atoms with van der Waals surface area (Å²) in [6.07, 6.45) is 6.69. The lowest BCUT2D eigenvalue weighted by atomic mass is 10.0. The van der Waals surface area contributed by atoms with Crippen LogP contribution in [0.25, 0.3) is 0 Å². The van der Waals surface area contributed by atoms with E-state index in [4.69, 9.17) is 9.47 Å². The van der Waals surface area contributed by atoms with Crippen LogP contribution in [0.1, 0.15) is 19.3 Å². The molecule has 0 aromatic carbocycles. The minimum Gasteiger partial charge on any atom is -0.381 e. The van der Waals surface area contributed by atoms with Crippen molar-refractivity contribution in [2.45, 2.75) is 19.3 Å². The van der Waals surface area contributed by atoms with Crippen molar-refractivity contribution in [3.05, 3.63) is 16.9 Å². The Balaban J connectivity index is 1.49. The lowest BCUT2D eigenvalue weighted by molar-refractivity contribution is 0.0206. The molecule has 1 aromatic rings. The third-order valence-electron chi connectivity index (χ3n) is 3.06. The topological polar surface area (TPSA) is 56.3 Å². The molecule has 5 nitrogen and oxygen atoms in total. The number of anilines is 1. The third-order valence-corrected chi connectivity index (χ3v) is 3.47. The van der Waals surface area contributed by atoms with Gasteiger partial charge in [0.05, 0.1) is 4.47 Å². The number of hydrogen-bond donors (Lipinski definition) is 1. The van der Waals surface area contributed by atoms with E-state index in [2.05, 4.69) is 31.2 Å². The Morgan fingerprint density at radius 2 is 2.05 bits per heavy atom. The van der Waals surface area contributed by atoms with Gasteiger partial charge in [0.2, 0.25) is 5.95 Å². The molecule has 0 bridgehead atoms. The molecule has 1 aromatic heterocycles. The van der Waals surface area contributed by atoms with Gasteiger partial charge in [-0.3, -0.25) is 0 Å². The molecule has 2 rings (SSSR count).